The van der Waals surface area contributed by atoms with E-state index in [-0.39, 0.29) is 12.0 Å². The quantitative estimate of drug-likeness (QED) is 0.851. The molecular formula is C16H21N3O2S. The standard InChI is InChI=1S/C16H21N3O2S/c1-12-15(10-18(2)17-12)16(20)19(8-13-5-7-22-11-13)9-14-4-3-6-21-14/h5,7,10-11,14H,3-4,6,8-9H2,1-2H3. The van der Waals surface area contributed by atoms with Crippen LogP contribution in [0.15, 0.2) is 23.0 Å². The van der Waals surface area contributed by atoms with Gasteiger partial charge in [0.05, 0.1) is 17.4 Å². The fourth-order valence-electron chi connectivity index (χ4n) is 2.84. The first-order valence-corrected chi connectivity index (χ1v) is 8.50. The van der Waals surface area contributed by atoms with Crippen LogP contribution in [0.1, 0.15) is 34.5 Å². The molecule has 5 nitrogen and oxygen atoms in total. The molecule has 1 saturated heterocycles. The minimum absolute atomic E-state index is 0.0345. The number of aromatic nitrogens is 2. The third-order valence-corrected chi connectivity index (χ3v) is 4.66. The zero-order valence-corrected chi connectivity index (χ0v) is 13.8. The Morgan fingerprint density at radius 2 is 2.45 bits per heavy atom. The summed E-state index contributed by atoms with van der Waals surface area (Å²) in [4.78, 5) is 14.8. The van der Waals surface area contributed by atoms with Gasteiger partial charge in [-0.25, -0.2) is 0 Å². The van der Waals surface area contributed by atoms with E-state index in [0.29, 0.717) is 18.7 Å². The van der Waals surface area contributed by atoms with Crippen molar-refractivity contribution in [2.45, 2.75) is 32.4 Å². The Hall–Kier alpha value is -1.66. The molecule has 1 atom stereocenters. The van der Waals surface area contributed by atoms with Crippen LogP contribution in [0.5, 0.6) is 0 Å². The summed E-state index contributed by atoms with van der Waals surface area (Å²) >= 11 is 1.65. The summed E-state index contributed by atoms with van der Waals surface area (Å²) in [6.45, 7) is 3.94. The van der Waals surface area contributed by atoms with Gasteiger partial charge in [0.1, 0.15) is 0 Å². The lowest BCUT2D eigenvalue weighted by Crippen LogP contribution is -2.37. The van der Waals surface area contributed by atoms with Crippen molar-refractivity contribution in [3.8, 4) is 0 Å². The number of carbonyl (C=O) groups excluding carboxylic acids is 1. The van der Waals surface area contributed by atoms with E-state index in [1.54, 1.807) is 22.2 Å². The fraction of sp³-hybridized carbons (Fsp3) is 0.500. The number of hydrogen-bond acceptors (Lipinski definition) is 4. The van der Waals surface area contributed by atoms with Gasteiger partial charge in [-0.3, -0.25) is 9.48 Å². The maximum atomic E-state index is 12.9. The molecule has 3 heterocycles. The van der Waals surface area contributed by atoms with Gasteiger partial charge in [-0.2, -0.15) is 16.4 Å². The summed E-state index contributed by atoms with van der Waals surface area (Å²) in [7, 11) is 1.84. The molecule has 118 valence electrons. The Labute approximate surface area is 134 Å². The molecule has 1 aliphatic rings. The van der Waals surface area contributed by atoms with Crippen LogP contribution in [-0.4, -0.2) is 39.8 Å². The number of rotatable bonds is 5. The van der Waals surface area contributed by atoms with Gasteiger partial charge in [0, 0.05) is 32.9 Å². The summed E-state index contributed by atoms with van der Waals surface area (Å²) in [6, 6.07) is 2.07. The molecule has 1 unspecified atom stereocenters. The largest absolute Gasteiger partial charge is 0.376 e. The van der Waals surface area contributed by atoms with Gasteiger partial charge >= 0.3 is 0 Å². The topological polar surface area (TPSA) is 47.4 Å². The number of amides is 1. The molecule has 0 saturated carbocycles. The average molecular weight is 319 g/mol. The second kappa shape index (κ2) is 6.62. The van der Waals surface area contributed by atoms with Crippen molar-refractivity contribution in [1.29, 1.82) is 0 Å². The van der Waals surface area contributed by atoms with E-state index in [1.807, 2.05) is 24.3 Å². The molecule has 0 aliphatic carbocycles. The lowest BCUT2D eigenvalue weighted by molar-refractivity contribution is 0.0507. The van der Waals surface area contributed by atoms with Crippen molar-refractivity contribution < 1.29 is 9.53 Å². The molecule has 1 amide bonds. The summed E-state index contributed by atoms with van der Waals surface area (Å²) in [5, 5.41) is 8.41. The van der Waals surface area contributed by atoms with Gasteiger partial charge in [-0.1, -0.05) is 0 Å². The number of nitrogens with zero attached hydrogens (tertiary/aromatic N) is 3. The van der Waals surface area contributed by atoms with Crippen LogP contribution in [0.2, 0.25) is 0 Å². The Kier molecular flexibility index (Phi) is 4.59. The van der Waals surface area contributed by atoms with E-state index in [1.165, 1.54) is 0 Å². The van der Waals surface area contributed by atoms with E-state index in [0.717, 1.165) is 30.7 Å². The van der Waals surface area contributed by atoms with Gasteiger partial charge < -0.3 is 9.64 Å². The maximum absolute atomic E-state index is 12.9. The average Bonchev–Trinajstić information content (AvgIpc) is 3.20. The fourth-order valence-corrected chi connectivity index (χ4v) is 3.50. The molecule has 0 N–H and O–H groups in total. The van der Waals surface area contributed by atoms with E-state index < -0.39 is 0 Å². The molecule has 22 heavy (non-hydrogen) atoms. The zero-order valence-electron chi connectivity index (χ0n) is 13.0. The van der Waals surface area contributed by atoms with Gasteiger partial charge in [0.25, 0.3) is 5.91 Å². The lowest BCUT2D eigenvalue weighted by atomic mass is 10.1. The number of thiophene rings is 1. The minimum atomic E-state index is 0.0345. The van der Waals surface area contributed by atoms with E-state index >= 15 is 0 Å². The monoisotopic (exact) mass is 319 g/mol. The van der Waals surface area contributed by atoms with Crippen molar-refractivity contribution in [3.05, 3.63) is 39.8 Å². The van der Waals surface area contributed by atoms with Crippen molar-refractivity contribution >= 4 is 17.2 Å². The highest BCUT2D eigenvalue weighted by Crippen LogP contribution is 2.19. The second-order valence-corrected chi connectivity index (χ2v) is 6.53. The molecule has 0 bridgehead atoms. The predicted octanol–water partition coefficient (Wildman–Crippen LogP) is 2.61. The van der Waals surface area contributed by atoms with Crippen molar-refractivity contribution in [1.82, 2.24) is 14.7 Å². The van der Waals surface area contributed by atoms with Gasteiger partial charge in [0.15, 0.2) is 0 Å². The molecule has 2 aromatic rings. The summed E-state index contributed by atoms with van der Waals surface area (Å²) < 4.78 is 7.40. The Morgan fingerprint density at radius 3 is 3.05 bits per heavy atom. The van der Waals surface area contributed by atoms with Crippen LogP contribution in [0.3, 0.4) is 0 Å². The smallest absolute Gasteiger partial charge is 0.257 e. The van der Waals surface area contributed by atoms with E-state index in [9.17, 15) is 4.79 Å². The second-order valence-electron chi connectivity index (χ2n) is 5.75. The molecule has 1 aliphatic heterocycles. The highest BCUT2D eigenvalue weighted by Gasteiger charge is 2.25. The predicted molar refractivity (Wildman–Crippen MR) is 86.0 cm³/mol. The van der Waals surface area contributed by atoms with Crippen LogP contribution >= 0.6 is 11.3 Å². The first kappa shape index (κ1) is 15.2. The summed E-state index contributed by atoms with van der Waals surface area (Å²) in [6.07, 6.45) is 4.06. The van der Waals surface area contributed by atoms with E-state index in [4.69, 9.17) is 4.74 Å². The van der Waals surface area contributed by atoms with Gasteiger partial charge in [0.2, 0.25) is 0 Å². The Balaban J connectivity index is 1.79. The molecule has 2 aromatic heterocycles. The number of ether oxygens (including phenoxy) is 1. The molecule has 3 rings (SSSR count). The van der Waals surface area contributed by atoms with Crippen LogP contribution in [0.4, 0.5) is 0 Å². The highest BCUT2D eigenvalue weighted by molar-refractivity contribution is 7.07. The van der Waals surface area contributed by atoms with Crippen LogP contribution in [-0.2, 0) is 18.3 Å². The SMILES string of the molecule is Cc1nn(C)cc1C(=O)N(Cc1ccsc1)CC1CCCO1. The molecule has 0 aromatic carbocycles. The molecular weight excluding hydrogens is 298 g/mol. The van der Waals surface area contributed by atoms with Crippen molar-refractivity contribution in [3.63, 3.8) is 0 Å². The summed E-state index contributed by atoms with van der Waals surface area (Å²) in [5.74, 6) is 0.0345. The number of aryl methyl sites for hydroxylation is 2. The first-order chi connectivity index (χ1) is 10.6. The molecule has 0 spiro atoms. The van der Waals surface area contributed by atoms with Crippen molar-refractivity contribution in [2.75, 3.05) is 13.2 Å². The van der Waals surface area contributed by atoms with Gasteiger partial charge in [-0.15, -0.1) is 0 Å². The Bertz CT molecular complexity index is 630. The highest BCUT2D eigenvalue weighted by atomic mass is 32.1. The molecule has 0 radical (unpaired) electrons. The first-order valence-electron chi connectivity index (χ1n) is 7.55. The van der Waals surface area contributed by atoms with Crippen molar-refractivity contribution in [2.24, 2.45) is 7.05 Å². The summed E-state index contributed by atoms with van der Waals surface area (Å²) in [5.41, 5.74) is 2.61. The third kappa shape index (κ3) is 3.39. The lowest BCUT2D eigenvalue weighted by Gasteiger charge is -2.25. The third-order valence-electron chi connectivity index (χ3n) is 3.93. The molecule has 1 fully saturated rings. The van der Waals surface area contributed by atoms with Crippen LogP contribution in [0.25, 0.3) is 0 Å². The minimum Gasteiger partial charge on any atom is -0.376 e. The number of hydrogen-bond donors (Lipinski definition) is 0. The van der Waals surface area contributed by atoms with Crippen LogP contribution < -0.4 is 0 Å². The zero-order chi connectivity index (χ0) is 15.5. The Morgan fingerprint density at radius 1 is 1.59 bits per heavy atom. The van der Waals surface area contributed by atoms with Crippen LogP contribution in [0, 0.1) is 6.92 Å². The number of carbonyl (C=O) groups is 1. The normalized spacial score (nSPS) is 17.8. The van der Waals surface area contributed by atoms with Gasteiger partial charge in [-0.05, 0) is 42.2 Å². The van der Waals surface area contributed by atoms with E-state index in [2.05, 4.69) is 16.5 Å². The maximum Gasteiger partial charge on any atom is 0.257 e. The molecule has 6 heteroatoms.